The molecule has 0 radical (unpaired) electrons. The number of amides is 1. The molecule has 2 aromatic rings. The van der Waals surface area contributed by atoms with E-state index in [1.54, 1.807) is 0 Å². The molecule has 0 saturated heterocycles. The minimum atomic E-state index is -3.61. The summed E-state index contributed by atoms with van der Waals surface area (Å²) < 4.78 is 54.7. The molecule has 0 unspecified atom stereocenters. The molecule has 9 heteroatoms. The molecule has 2 heterocycles. The van der Waals surface area contributed by atoms with Gasteiger partial charge in [-0.25, -0.2) is 8.78 Å². The summed E-state index contributed by atoms with van der Waals surface area (Å²) in [5, 5.41) is 1.64. The Morgan fingerprint density at radius 2 is 2.11 bits per heavy atom. The van der Waals surface area contributed by atoms with E-state index in [4.69, 9.17) is 11.6 Å². The van der Waals surface area contributed by atoms with Gasteiger partial charge < -0.3 is 5.32 Å². The predicted octanol–water partition coefficient (Wildman–Crippen LogP) is 4.35. The Kier molecular flexibility index (Phi) is 5.84. The maximum atomic E-state index is 14.4. The first-order chi connectivity index (χ1) is 13.3. The number of alkyl halides is 4. The number of hydrogen-bond donors (Lipinski definition) is 1. The van der Waals surface area contributed by atoms with Gasteiger partial charge in [-0.15, -0.1) is 0 Å². The van der Waals surface area contributed by atoms with Crippen LogP contribution in [-0.2, 0) is 5.92 Å². The van der Waals surface area contributed by atoms with Crippen molar-refractivity contribution in [2.45, 2.75) is 25.2 Å². The van der Waals surface area contributed by atoms with Crippen LogP contribution in [0, 0.1) is 17.8 Å². The molecule has 146 valence electrons. The van der Waals surface area contributed by atoms with Crippen molar-refractivity contribution in [1.82, 2.24) is 15.3 Å². The number of aromatic nitrogens is 2. The van der Waals surface area contributed by atoms with E-state index < -0.39 is 41.8 Å². The molecule has 1 saturated carbocycles. The highest BCUT2D eigenvalue weighted by molar-refractivity contribution is 6.31. The van der Waals surface area contributed by atoms with Gasteiger partial charge >= 0.3 is 5.92 Å². The third-order valence-electron chi connectivity index (χ3n) is 3.95. The van der Waals surface area contributed by atoms with Crippen molar-refractivity contribution in [3.8, 4) is 11.8 Å². The van der Waals surface area contributed by atoms with Crippen molar-refractivity contribution >= 4 is 17.5 Å². The van der Waals surface area contributed by atoms with Crippen LogP contribution in [0.1, 0.15) is 46.6 Å². The fourth-order valence-corrected chi connectivity index (χ4v) is 2.65. The van der Waals surface area contributed by atoms with Gasteiger partial charge in [-0.2, -0.15) is 8.78 Å². The molecule has 0 spiro atoms. The van der Waals surface area contributed by atoms with E-state index in [0.29, 0.717) is 11.5 Å². The zero-order valence-corrected chi connectivity index (χ0v) is 15.1. The molecule has 1 N–H and O–H groups in total. The lowest BCUT2D eigenvalue weighted by molar-refractivity contribution is -0.00669. The van der Waals surface area contributed by atoms with Gasteiger partial charge in [0.25, 0.3) is 12.3 Å². The smallest absolute Gasteiger partial charge is 0.308 e. The third kappa shape index (κ3) is 4.78. The zero-order valence-electron chi connectivity index (χ0n) is 14.4. The van der Waals surface area contributed by atoms with Crippen LogP contribution in [-0.4, -0.2) is 22.4 Å². The first-order valence-electron chi connectivity index (χ1n) is 8.34. The van der Waals surface area contributed by atoms with Crippen LogP contribution < -0.4 is 5.32 Å². The lowest BCUT2D eigenvalue weighted by Crippen LogP contribution is -2.36. The van der Waals surface area contributed by atoms with Crippen molar-refractivity contribution in [2.24, 2.45) is 5.92 Å². The van der Waals surface area contributed by atoms with Crippen molar-refractivity contribution in [1.29, 1.82) is 0 Å². The number of hydrogen-bond acceptors (Lipinski definition) is 3. The van der Waals surface area contributed by atoms with Crippen LogP contribution in [0.2, 0.25) is 5.02 Å². The Morgan fingerprint density at radius 3 is 2.75 bits per heavy atom. The molecule has 2 aromatic heterocycles. The normalized spacial score (nSPS) is 13.8. The zero-order chi connectivity index (χ0) is 20.3. The summed E-state index contributed by atoms with van der Waals surface area (Å²) in [6.07, 6.45) is 1.30. The molecule has 1 amide bonds. The molecular formula is C19H14ClF4N3O. The van der Waals surface area contributed by atoms with E-state index in [9.17, 15) is 22.4 Å². The number of rotatable bonds is 5. The number of pyridine rings is 2. The van der Waals surface area contributed by atoms with Gasteiger partial charge in [0.15, 0.2) is 0 Å². The van der Waals surface area contributed by atoms with Crippen molar-refractivity contribution in [3.05, 3.63) is 58.1 Å². The SMILES string of the molecule is O=C(NCC(F)(F)c1ncc(C#CC2CC2)cc1Cl)c1cccnc1C(F)F. The second-order valence-electron chi connectivity index (χ2n) is 6.22. The van der Waals surface area contributed by atoms with Gasteiger partial charge in [0, 0.05) is 23.9 Å². The molecule has 1 fully saturated rings. The van der Waals surface area contributed by atoms with Gasteiger partial charge in [-0.05, 0) is 31.0 Å². The highest BCUT2D eigenvalue weighted by atomic mass is 35.5. The topological polar surface area (TPSA) is 54.9 Å². The molecule has 0 atom stereocenters. The molecule has 0 aliphatic heterocycles. The second kappa shape index (κ2) is 8.15. The summed E-state index contributed by atoms with van der Waals surface area (Å²) in [4.78, 5) is 19.1. The second-order valence-corrected chi connectivity index (χ2v) is 6.63. The maximum absolute atomic E-state index is 14.4. The summed E-state index contributed by atoms with van der Waals surface area (Å²) in [6, 6.07) is 3.63. The first kappa shape index (κ1) is 20.1. The van der Waals surface area contributed by atoms with Gasteiger partial charge in [0.2, 0.25) is 0 Å². The molecule has 0 bridgehead atoms. The number of carbonyl (C=O) groups excluding carboxylic acids is 1. The van der Waals surface area contributed by atoms with Crippen molar-refractivity contribution < 1.29 is 22.4 Å². The fraction of sp³-hybridized carbons (Fsp3) is 0.316. The average Bonchev–Trinajstić information content (AvgIpc) is 3.49. The molecule has 28 heavy (non-hydrogen) atoms. The maximum Gasteiger partial charge on any atom is 0.308 e. The Morgan fingerprint density at radius 1 is 1.36 bits per heavy atom. The molecule has 3 rings (SSSR count). The van der Waals surface area contributed by atoms with Crippen LogP contribution in [0.3, 0.4) is 0 Å². The molecule has 0 aromatic carbocycles. The summed E-state index contributed by atoms with van der Waals surface area (Å²) in [6.45, 7) is -1.16. The minimum absolute atomic E-state index is 0.295. The van der Waals surface area contributed by atoms with Gasteiger partial charge in [-0.1, -0.05) is 23.4 Å². The first-order valence-corrected chi connectivity index (χ1v) is 8.72. The van der Waals surface area contributed by atoms with E-state index in [-0.39, 0.29) is 5.02 Å². The standard InChI is InChI=1S/C19H14ClF4N3O/c20-14-8-12(6-5-11-3-4-11)9-26-16(14)19(23,24)10-27-18(28)13-2-1-7-25-15(13)17(21)22/h1-2,7-9,11,17H,3-4,10H2,(H,27,28). The molecular weight excluding hydrogens is 398 g/mol. The van der Waals surface area contributed by atoms with Gasteiger partial charge in [0.1, 0.15) is 11.4 Å². The van der Waals surface area contributed by atoms with Crippen LogP contribution in [0.15, 0.2) is 30.6 Å². The average molecular weight is 412 g/mol. The molecule has 1 aliphatic rings. The summed E-state index contributed by atoms with van der Waals surface area (Å²) in [5.41, 5.74) is -1.57. The Labute approximate surface area is 163 Å². The largest absolute Gasteiger partial charge is 0.345 e. The van der Waals surface area contributed by atoms with Crippen molar-refractivity contribution in [2.75, 3.05) is 6.54 Å². The van der Waals surface area contributed by atoms with E-state index in [0.717, 1.165) is 25.1 Å². The lowest BCUT2D eigenvalue weighted by atomic mass is 10.1. The fourth-order valence-electron chi connectivity index (χ4n) is 2.34. The summed E-state index contributed by atoms with van der Waals surface area (Å²) in [5.74, 6) is 1.43. The summed E-state index contributed by atoms with van der Waals surface area (Å²) >= 11 is 5.91. The van der Waals surface area contributed by atoms with Crippen LogP contribution in [0.4, 0.5) is 17.6 Å². The van der Waals surface area contributed by atoms with E-state index in [1.807, 2.05) is 5.32 Å². The quantitative estimate of drug-likeness (QED) is 0.588. The summed E-state index contributed by atoms with van der Waals surface area (Å²) in [7, 11) is 0. The number of nitrogens with zero attached hydrogens (tertiary/aromatic N) is 2. The van der Waals surface area contributed by atoms with E-state index in [1.165, 1.54) is 18.3 Å². The Balaban J connectivity index is 1.71. The van der Waals surface area contributed by atoms with Crippen LogP contribution in [0.5, 0.6) is 0 Å². The Bertz CT molecular complexity index is 952. The van der Waals surface area contributed by atoms with E-state index in [2.05, 4.69) is 21.8 Å². The lowest BCUT2D eigenvalue weighted by Gasteiger charge is -2.18. The predicted molar refractivity (Wildman–Crippen MR) is 94.3 cm³/mol. The Hall–Kier alpha value is -2.66. The van der Waals surface area contributed by atoms with Crippen molar-refractivity contribution in [3.63, 3.8) is 0 Å². The van der Waals surface area contributed by atoms with E-state index >= 15 is 0 Å². The highest BCUT2D eigenvalue weighted by Gasteiger charge is 2.36. The van der Waals surface area contributed by atoms with Crippen LogP contribution in [0.25, 0.3) is 0 Å². The van der Waals surface area contributed by atoms with Gasteiger partial charge in [-0.3, -0.25) is 14.8 Å². The molecule has 4 nitrogen and oxygen atoms in total. The minimum Gasteiger partial charge on any atom is -0.345 e. The monoisotopic (exact) mass is 411 g/mol. The van der Waals surface area contributed by atoms with Crippen LogP contribution >= 0.6 is 11.6 Å². The molecule has 1 aliphatic carbocycles. The number of nitrogens with one attached hydrogen (secondary N) is 1. The van der Waals surface area contributed by atoms with Gasteiger partial charge in [0.05, 0.1) is 17.1 Å². The number of halogens is 5. The third-order valence-corrected chi connectivity index (χ3v) is 4.23. The number of carbonyl (C=O) groups is 1. The highest BCUT2D eigenvalue weighted by Crippen LogP contribution is 2.32.